The van der Waals surface area contributed by atoms with Gasteiger partial charge in [0.25, 0.3) is 5.56 Å². The first kappa shape index (κ1) is 23.9. The van der Waals surface area contributed by atoms with Crippen LogP contribution in [0, 0.1) is 19.7 Å². The summed E-state index contributed by atoms with van der Waals surface area (Å²) in [4.78, 5) is 53.8. The van der Waals surface area contributed by atoms with Crippen LogP contribution in [0.25, 0.3) is 11.2 Å². The van der Waals surface area contributed by atoms with Gasteiger partial charge in [-0.2, -0.15) is 0 Å². The van der Waals surface area contributed by atoms with Crippen LogP contribution in [-0.4, -0.2) is 41.6 Å². The molecule has 0 N–H and O–H groups in total. The number of imidazole rings is 1. The number of ketones is 1. The molecule has 0 spiro atoms. The number of ether oxygens (including phenoxy) is 1. The Kier molecular flexibility index (Phi) is 6.25. The van der Waals surface area contributed by atoms with Gasteiger partial charge in [0.2, 0.25) is 5.78 Å². The number of aryl methyl sites for hydroxylation is 2. The number of nitrogens with zero attached hydrogens (tertiary/aromatic N) is 5. The number of hydrogen-bond donors (Lipinski definition) is 0. The number of aromatic nitrogens is 5. The summed E-state index contributed by atoms with van der Waals surface area (Å²) in [5.41, 5.74) is 1.98. The molecule has 0 fully saturated rings. The minimum atomic E-state index is -0.728. The number of hydrogen-bond acceptors (Lipinski definition) is 6. The van der Waals surface area contributed by atoms with Crippen LogP contribution in [0.4, 0.5) is 4.39 Å². The average molecular weight is 481 g/mol. The molecule has 0 atom stereocenters. The van der Waals surface area contributed by atoms with Crippen LogP contribution >= 0.6 is 0 Å². The zero-order chi connectivity index (χ0) is 25.4. The van der Waals surface area contributed by atoms with Crippen molar-refractivity contribution in [3.05, 3.63) is 85.8 Å². The molecule has 3 aromatic heterocycles. The molecule has 0 aliphatic rings. The van der Waals surface area contributed by atoms with Crippen LogP contribution in [0.15, 0.2) is 46.2 Å². The first-order valence-corrected chi connectivity index (χ1v) is 10.8. The van der Waals surface area contributed by atoms with Crippen molar-refractivity contribution in [1.82, 2.24) is 23.3 Å². The number of Topliss-reactive ketones (excluding diaryl/α,β-unsaturated/α-hetero) is 1. The van der Waals surface area contributed by atoms with E-state index < -0.39 is 23.8 Å². The summed E-state index contributed by atoms with van der Waals surface area (Å²) < 4.78 is 23.7. The molecule has 35 heavy (non-hydrogen) atoms. The fourth-order valence-electron chi connectivity index (χ4n) is 4.02. The first-order chi connectivity index (χ1) is 16.6. The Balaban J connectivity index is 1.46. The topological polar surface area (TPSA) is 110 Å². The van der Waals surface area contributed by atoms with Crippen LogP contribution in [0.3, 0.4) is 0 Å². The maximum absolute atomic E-state index is 13.2. The van der Waals surface area contributed by atoms with Gasteiger partial charge in [0.15, 0.2) is 17.8 Å². The Labute approximate surface area is 198 Å². The maximum atomic E-state index is 13.2. The van der Waals surface area contributed by atoms with Crippen molar-refractivity contribution in [2.45, 2.75) is 26.9 Å². The highest BCUT2D eigenvalue weighted by Gasteiger charge is 2.20. The Morgan fingerprint density at radius 3 is 2.43 bits per heavy atom. The summed E-state index contributed by atoms with van der Waals surface area (Å²) >= 11 is 0. The predicted molar refractivity (Wildman–Crippen MR) is 125 cm³/mol. The number of fused-ring (bicyclic) bond motifs is 1. The molecule has 11 heteroatoms. The van der Waals surface area contributed by atoms with Crippen LogP contribution in [0.5, 0.6) is 0 Å². The molecule has 3 heterocycles. The van der Waals surface area contributed by atoms with E-state index in [0.717, 1.165) is 15.8 Å². The molecule has 4 aromatic rings. The second kappa shape index (κ2) is 9.16. The van der Waals surface area contributed by atoms with E-state index in [9.17, 15) is 23.6 Å². The van der Waals surface area contributed by atoms with Crippen molar-refractivity contribution in [3.8, 4) is 0 Å². The van der Waals surface area contributed by atoms with E-state index in [0.29, 0.717) is 17.8 Å². The molecule has 0 aliphatic carbocycles. The number of esters is 1. The Bertz CT molecular complexity index is 1570. The molecule has 4 rings (SSSR count). The second-order valence-electron chi connectivity index (χ2n) is 8.33. The van der Waals surface area contributed by atoms with Crippen LogP contribution in [0.1, 0.15) is 27.3 Å². The summed E-state index contributed by atoms with van der Waals surface area (Å²) in [6.07, 6.45) is 1.28. The van der Waals surface area contributed by atoms with Crippen molar-refractivity contribution in [3.63, 3.8) is 0 Å². The lowest BCUT2D eigenvalue weighted by molar-refractivity contribution is -0.143. The highest BCUT2D eigenvalue weighted by atomic mass is 19.1. The van der Waals surface area contributed by atoms with E-state index >= 15 is 0 Å². The lowest BCUT2D eigenvalue weighted by Crippen LogP contribution is -2.37. The smallest absolute Gasteiger partial charge is 0.332 e. The lowest BCUT2D eigenvalue weighted by Gasteiger charge is -2.10. The molecular formula is C24H24FN5O5. The van der Waals surface area contributed by atoms with Crippen LogP contribution in [-0.2, 0) is 36.7 Å². The zero-order valence-electron chi connectivity index (χ0n) is 19.7. The molecule has 0 radical (unpaired) electrons. The van der Waals surface area contributed by atoms with Gasteiger partial charge in [0.1, 0.15) is 12.4 Å². The lowest BCUT2D eigenvalue weighted by atomic mass is 10.1. The van der Waals surface area contributed by atoms with E-state index in [1.807, 2.05) is 11.5 Å². The van der Waals surface area contributed by atoms with Gasteiger partial charge >= 0.3 is 11.7 Å². The highest BCUT2D eigenvalue weighted by molar-refractivity contribution is 5.99. The molecule has 0 saturated heterocycles. The van der Waals surface area contributed by atoms with Gasteiger partial charge in [-0.1, -0.05) is 12.1 Å². The summed E-state index contributed by atoms with van der Waals surface area (Å²) in [5, 5.41) is 0. The van der Waals surface area contributed by atoms with Gasteiger partial charge in [0, 0.05) is 37.6 Å². The third kappa shape index (κ3) is 4.44. The van der Waals surface area contributed by atoms with E-state index in [1.165, 1.54) is 41.7 Å². The highest BCUT2D eigenvalue weighted by Crippen LogP contribution is 2.18. The van der Waals surface area contributed by atoms with Crippen LogP contribution in [0.2, 0.25) is 0 Å². The van der Waals surface area contributed by atoms with Gasteiger partial charge in [-0.25, -0.2) is 14.2 Å². The molecule has 0 saturated carbocycles. The van der Waals surface area contributed by atoms with Crippen molar-refractivity contribution in [2.75, 3.05) is 6.61 Å². The number of halogens is 1. The SMILES string of the molecule is Cc1cc(C(=O)COC(=O)Cn2cnc3c2c(=O)n(C)c(=O)n3C)c(C)n1Cc1ccc(F)cc1. The summed E-state index contributed by atoms with van der Waals surface area (Å²) in [5.74, 6) is -1.42. The Morgan fingerprint density at radius 2 is 1.74 bits per heavy atom. The van der Waals surface area contributed by atoms with Crippen molar-refractivity contribution in [2.24, 2.45) is 14.1 Å². The third-order valence-corrected chi connectivity index (χ3v) is 6.01. The molecule has 0 amide bonds. The molecule has 182 valence electrons. The normalized spacial score (nSPS) is 11.2. The fourth-order valence-corrected chi connectivity index (χ4v) is 4.02. The fraction of sp³-hybridized carbons (Fsp3) is 0.292. The van der Waals surface area contributed by atoms with Gasteiger partial charge in [0.05, 0.1) is 6.33 Å². The maximum Gasteiger partial charge on any atom is 0.332 e. The predicted octanol–water partition coefficient (Wildman–Crippen LogP) is 1.47. The zero-order valence-corrected chi connectivity index (χ0v) is 19.7. The monoisotopic (exact) mass is 481 g/mol. The van der Waals surface area contributed by atoms with E-state index in [1.54, 1.807) is 25.1 Å². The second-order valence-corrected chi connectivity index (χ2v) is 8.33. The third-order valence-electron chi connectivity index (χ3n) is 6.01. The Hall–Kier alpha value is -4.28. The molecule has 0 bridgehead atoms. The number of carbonyl (C=O) groups excluding carboxylic acids is 2. The summed E-state index contributed by atoms with van der Waals surface area (Å²) in [7, 11) is 2.82. The van der Waals surface area contributed by atoms with E-state index in [-0.39, 0.29) is 29.3 Å². The van der Waals surface area contributed by atoms with Gasteiger partial charge in [-0.05, 0) is 37.6 Å². The molecule has 0 unspecified atom stereocenters. The minimum Gasteiger partial charge on any atom is -0.456 e. The van der Waals surface area contributed by atoms with Crippen LogP contribution < -0.4 is 11.2 Å². The van der Waals surface area contributed by atoms with Crippen molar-refractivity contribution >= 4 is 22.9 Å². The molecule has 10 nitrogen and oxygen atoms in total. The summed E-state index contributed by atoms with van der Waals surface area (Å²) in [6.45, 7) is 3.31. The number of rotatable bonds is 7. The largest absolute Gasteiger partial charge is 0.456 e. The first-order valence-electron chi connectivity index (χ1n) is 10.8. The minimum absolute atomic E-state index is 0.0854. The van der Waals surface area contributed by atoms with E-state index in [2.05, 4.69) is 4.98 Å². The van der Waals surface area contributed by atoms with Gasteiger partial charge in [-0.15, -0.1) is 0 Å². The Morgan fingerprint density at radius 1 is 1.06 bits per heavy atom. The van der Waals surface area contributed by atoms with Crippen molar-refractivity contribution < 1.29 is 18.7 Å². The average Bonchev–Trinajstić information content (AvgIpc) is 3.37. The van der Waals surface area contributed by atoms with Gasteiger partial charge < -0.3 is 13.9 Å². The van der Waals surface area contributed by atoms with Gasteiger partial charge in [-0.3, -0.25) is 23.5 Å². The standard InChI is InChI=1S/C24H24FN5O5/c1-14-9-18(15(2)30(14)10-16-5-7-17(25)8-6-16)19(31)12-35-20(32)11-29-13-26-22-21(29)23(33)28(4)24(34)27(22)3/h5-9,13H,10-12H2,1-4H3. The molecule has 1 aromatic carbocycles. The number of benzene rings is 1. The quantitative estimate of drug-likeness (QED) is 0.292. The summed E-state index contributed by atoms with van der Waals surface area (Å²) in [6, 6.07) is 7.86. The molecular weight excluding hydrogens is 457 g/mol. The van der Waals surface area contributed by atoms with E-state index in [4.69, 9.17) is 4.74 Å². The molecule has 0 aliphatic heterocycles. The van der Waals surface area contributed by atoms with Crippen molar-refractivity contribution in [1.29, 1.82) is 0 Å². The number of carbonyl (C=O) groups is 2.